The van der Waals surface area contributed by atoms with Crippen LogP contribution >= 0.6 is 0 Å². The molecular weight excluding hydrogens is 396 g/mol. The van der Waals surface area contributed by atoms with Gasteiger partial charge < -0.3 is 19.9 Å². The molecule has 1 fully saturated rings. The molecular formula is C20H24N2O6S. The van der Waals surface area contributed by atoms with Gasteiger partial charge >= 0.3 is 0 Å². The molecule has 1 heterocycles. The Morgan fingerprint density at radius 2 is 1.93 bits per heavy atom. The molecule has 1 saturated heterocycles. The van der Waals surface area contributed by atoms with Gasteiger partial charge in [-0.25, -0.2) is 8.42 Å². The normalized spacial score (nSPS) is 16.2. The zero-order chi connectivity index (χ0) is 21.0. The van der Waals surface area contributed by atoms with Gasteiger partial charge in [0.2, 0.25) is 10.0 Å². The number of hydrogen-bond donors (Lipinski definition) is 2. The second kappa shape index (κ2) is 8.81. The highest BCUT2D eigenvalue weighted by atomic mass is 32.2. The summed E-state index contributed by atoms with van der Waals surface area (Å²) in [6, 6.07) is 10.4. The van der Waals surface area contributed by atoms with Gasteiger partial charge in [0.15, 0.2) is 0 Å². The van der Waals surface area contributed by atoms with E-state index in [9.17, 15) is 18.3 Å². The van der Waals surface area contributed by atoms with Crippen molar-refractivity contribution < 1.29 is 27.8 Å². The number of methoxy groups -OCH3 is 1. The molecule has 1 aliphatic rings. The molecule has 1 aliphatic heterocycles. The third-order valence-corrected chi connectivity index (χ3v) is 6.64. The molecule has 2 N–H and O–H groups in total. The number of aromatic hydroxyl groups is 1. The molecule has 1 atom stereocenters. The number of nitrogens with one attached hydrogen (secondary N) is 1. The van der Waals surface area contributed by atoms with E-state index >= 15 is 0 Å². The number of benzene rings is 2. The van der Waals surface area contributed by atoms with E-state index in [4.69, 9.17) is 9.47 Å². The highest BCUT2D eigenvalue weighted by molar-refractivity contribution is 7.89. The van der Waals surface area contributed by atoms with Gasteiger partial charge in [0.05, 0.1) is 36.8 Å². The number of phenols is 1. The lowest BCUT2D eigenvalue weighted by molar-refractivity contribution is 0.0730. The number of morpholine rings is 1. The summed E-state index contributed by atoms with van der Waals surface area (Å²) in [4.78, 5) is 12.9. The highest BCUT2D eigenvalue weighted by Gasteiger charge is 2.28. The van der Waals surface area contributed by atoms with Crippen LogP contribution in [0.3, 0.4) is 0 Å². The molecule has 1 amide bonds. The van der Waals surface area contributed by atoms with Crippen LogP contribution in [0, 0.1) is 0 Å². The summed E-state index contributed by atoms with van der Waals surface area (Å²) in [5, 5.41) is 12.4. The number of nitrogens with zero attached hydrogens (tertiary/aromatic N) is 1. The predicted octanol–water partition coefficient (Wildman–Crippen LogP) is 1.91. The largest absolute Gasteiger partial charge is 0.508 e. The molecule has 0 bridgehead atoms. The van der Waals surface area contributed by atoms with E-state index in [-0.39, 0.29) is 35.0 Å². The van der Waals surface area contributed by atoms with Crippen molar-refractivity contribution in [1.82, 2.24) is 9.62 Å². The number of carbonyl (C=O) groups is 1. The Morgan fingerprint density at radius 1 is 1.21 bits per heavy atom. The number of ether oxygens (including phenoxy) is 2. The third kappa shape index (κ3) is 4.69. The molecule has 0 aliphatic carbocycles. The van der Waals surface area contributed by atoms with Crippen LogP contribution in [-0.2, 0) is 14.8 Å². The van der Waals surface area contributed by atoms with Crippen LogP contribution in [0.5, 0.6) is 11.5 Å². The van der Waals surface area contributed by atoms with Gasteiger partial charge in [-0.3, -0.25) is 4.79 Å². The molecule has 0 saturated carbocycles. The van der Waals surface area contributed by atoms with Crippen LogP contribution in [0.1, 0.15) is 28.9 Å². The first-order valence-corrected chi connectivity index (χ1v) is 10.6. The van der Waals surface area contributed by atoms with Crippen molar-refractivity contribution >= 4 is 15.9 Å². The fourth-order valence-corrected chi connectivity index (χ4v) is 4.55. The van der Waals surface area contributed by atoms with Gasteiger partial charge in [-0.2, -0.15) is 4.31 Å². The van der Waals surface area contributed by atoms with Crippen LogP contribution in [0.25, 0.3) is 0 Å². The quantitative estimate of drug-likeness (QED) is 0.740. The Labute approximate surface area is 170 Å². The molecule has 0 spiro atoms. The predicted molar refractivity (Wildman–Crippen MR) is 107 cm³/mol. The maximum absolute atomic E-state index is 12.9. The molecule has 156 valence electrons. The van der Waals surface area contributed by atoms with E-state index < -0.39 is 22.0 Å². The van der Waals surface area contributed by atoms with Gasteiger partial charge in [0.25, 0.3) is 5.91 Å². The highest BCUT2D eigenvalue weighted by Crippen LogP contribution is 2.26. The molecule has 2 aromatic rings. The molecule has 9 heteroatoms. The zero-order valence-electron chi connectivity index (χ0n) is 16.3. The minimum absolute atomic E-state index is 0.0235. The molecule has 2 aromatic carbocycles. The van der Waals surface area contributed by atoms with Gasteiger partial charge in [0, 0.05) is 13.1 Å². The van der Waals surface area contributed by atoms with Crippen molar-refractivity contribution in [2.24, 2.45) is 0 Å². The van der Waals surface area contributed by atoms with E-state index in [0.717, 1.165) is 5.56 Å². The molecule has 3 rings (SSSR count). The van der Waals surface area contributed by atoms with Crippen molar-refractivity contribution in [2.75, 3.05) is 33.4 Å². The summed E-state index contributed by atoms with van der Waals surface area (Å²) in [5.74, 6) is -0.108. The van der Waals surface area contributed by atoms with Crippen LogP contribution in [0.15, 0.2) is 47.4 Å². The molecule has 1 unspecified atom stereocenters. The first-order valence-electron chi connectivity index (χ1n) is 9.18. The number of phenolic OH excluding ortho intramolecular Hbond substituents is 1. The van der Waals surface area contributed by atoms with E-state index in [1.54, 1.807) is 31.2 Å². The lowest BCUT2D eigenvalue weighted by Crippen LogP contribution is -2.40. The second-order valence-electron chi connectivity index (χ2n) is 6.67. The summed E-state index contributed by atoms with van der Waals surface area (Å²) in [5.41, 5.74) is 0.836. The lowest BCUT2D eigenvalue weighted by atomic mass is 10.1. The summed E-state index contributed by atoms with van der Waals surface area (Å²) in [6.45, 7) is 2.98. The molecule has 29 heavy (non-hydrogen) atoms. The van der Waals surface area contributed by atoms with E-state index in [1.165, 1.54) is 29.6 Å². The summed E-state index contributed by atoms with van der Waals surface area (Å²) in [6.07, 6.45) is 0. The Morgan fingerprint density at radius 3 is 2.59 bits per heavy atom. The van der Waals surface area contributed by atoms with E-state index in [0.29, 0.717) is 13.2 Å². The van der Waals surface area contributed by atoms with Gasteiger partial charge in [0.1, 0.15) is 11.5 Å². The first kappa shape index (κ1) is 21.1. The zero-order valence-corrected chi connectivity index (χ0v) is 17.1. The van der Waals surface area contributed by atoms with Crippen LogP contribution in [0.4, 0.5) is 0 Å². The number of sulfonamides is 1. The number of carbonyl (C=O) groups excluding carboxylic acids is 1. The first-order chi connectivity index (χ1) is 13.8. The SMILES string of the molecule is COc1ccc(S(=O)(=O)N2CCOCC2)cc1C(=O)NC(C)c1cccc(O)c1. The average molecular weight is 420 g/mol. The van der Waals surface area contributed by atoms with Crippen molar-refractivity contribution in [3.63, 3.8) is 0 Å². The second-order valence-corrected chi connectivity index (χ2v) is 8.61. The summed E-state index contributed by atoms with van der Waals surface area (Å²) in [7, 11) is -2.33. The monoisotopic (exact) mass is 420 g/mol. The van der Waals surface area contributed by atoms with Crippen molar-refractivity contribution in [3.05, 3.63) is 53.6 Å². The molecule has 0 aromatic heterocycles. The van der Waals surface area contributed by atoms with Gasteiger partial charge in [-0.15, -0.1) is 0 Å². The lowest BCUT2D eigenvalue weighted by Gasteiger charge is -2.26. The Kier molecular flexibility index (Phi) is 6.41. The smallest absolute Gasteiger partial charge is 0.255 e. The van der Waals surface area contributed by atoms with Crippen molar-refractivity contribution in [1.29, 1.82) is 0 Å². The minimum atomic E-state index is -3.74. The number of hydrogen-bond acceptors (Lipinski definition) is 6. The Bertz CT molecular complexity index is 986. The van der Waals surface area contributed by atoms with Crippen LogP contribution < -0.4 is 10.1 Å². The Hall–Kier alpha value is -2.62. The topological polar surface area (TPSA) is 105 Å². The maximum Gasteiger partial charge on any atom is 0.255 e. The fraction of sp³-hybridized carbons (Fsp3) is 0.350. The maximum atomic E-state index is 12.9. The van der Waals surface area contributed by atoms with E-state index in [1.807, 2.05) is 0 Å². The van der Waals surface area contributed by atoms with Crippen molar-refractivity contribution in [3.8, 4) is 11.5 Å². The van der Waals surface area contributed by atoms with Crippen molar-refractivity contribution in [2.45, 2.75) is 17.9 Å². The van der Waals surface area contributed by atoms with E-state index in [2.05, 4.69) is 5.32 Å². The van der Waals surface area contributed by atoms with Crippen LogP contribution in [-0.4, -0.2) is 57.1 Å². The summed E-state index contributed by atoms with van der Waals surface area (Å²) >= 11 is 0. The number of rotatable bonds is 6. The molecule has 8 nitrogen and oxygen atoms in total. The minimum Gasteiger partial charge on any atom is -0.508 e. The van der Waals surface area contributed by atoms with Gasteiger partial charge in [-0.1, -0.05) is 12.1 Å². The number of amides is 1. The average Bonchev–Trinajstić information content (AvgIpc) is 2.73. The third-order valence-electron chi connectivity index (χ3n) is 4.74. The summed E-state index contributed by atoms with van der Waals surface area (Å²) < 4.78 is 37.6. The molecule has 0 radical (unpaired) electrons. The van der Waals surface area contributed by atoms with Gasteiger partial charge in [-0.05, 0) is 42.8 Å². The fourth-order valence-electron chi connectivity index (χ4n) is 3.11. The van der Waals surface area contributed by atoms with Crippen LogP contribution in [0.2, 0.25) is 0 Å². The standard InChI is InChI=1S/C20H24N2O6S/c1-14(15-4-3-5-16(23)12-15)21-20(24)18-13-17(6-7-19(18)27-2)29(25,26)22-8-10-28-11-9-22/h3-7,12-14,23H,8-11H2,1-2H3,(H,21,24). The Balaban J connectivity index is 1.87.